The number of hydrogen-bond donors (Lipinski definition) is 2. The third kappa shape index (κ3) is 2.94. The molecule has 0 saturated carbocycles. The van der Waals surface area contributed by atoms with Crippen LogP contribution in [0.5, 0.6) is 0 Å². The number of H-pyrrole nitrogens is 1. The summed E-state index contributed by atoms with van der Waals surface area (Å²) in [5.74, 6) is 0.0177. The van der Waals surface area contributed by atoms with Gasteiger partial charge in [0.15, 0.2) is 0 Å². The number of aromatic nitrogens is 2. The quantitative estimate of drug-likeness (QED) is 0.771. The van der Waals surface area contributed by atoms with Crippen molar-refractivity contribution in [2.24, 2.45) is 0 Å². The number of nitrogens with zero attached hydrogens (tertiary/aromatic N) is 1. The van der Waals surface area contributed by atoms with Crippen molar-refractivity contribution in [3.63, 3.8) is 0 Å². The molecule has 3 aromatic rings. The fourth-order valence-electron chi connectivity index (χ4n) is 2.48. The molecule has 21 heavy (non-hydrogen) atoms. The summed E-state index contributed by atoms with van der Waals surface area (Å²) in [4.78, 5) is 19.4. The molecule has 0 bridgehead atoms. The molecular formula is C17H17N3O. The van der Waals surface area contributed by atoms with Gasteiger partial charge in [-0.1, -0.05) is 18.2 Å². The lowest BCUT2D eigenvalue weighted by atomic mass is 10.1. The fraction of sp³-hybridized carbons (Fsp3) is 0.176. The van der Waals surface area contributed by atoms with Crippen LogP contribution in [0.25, 0.3) is 10.9 Å². The maximum atomic E-state index is 12.2. The molecule has 0 aliphatic rings. The van der Waals surface area contributed by atoms with Crippen LogP contribution >= 0.6 is 0 Å². The topological polar surface area (TPSA) is 57.8 Å². The molecule has 2 heterocycles. The lowest BCUT2D eigenvalue weighted by Crippen LogP contribution is -2.28. The van der Waals surface area contributed by atoms with E-state index in [-0.39, 0.29) is 11.9 Å². The van der Waals surface area contributed by atoms with E-state index >= 15 is 0 Å². The summed E-state index contributed by atoms with van der Waals surface area (Å²) >= 11 is 0. The van der Waals surface area contributed by atoms with E-state index < -0.39 is 0 Å². The van der Waals surface area contributed by atoms with Gasteiger partial charge in [0.2, 0.25) is 5.91 Å². The average Bonchev–Trinajstić information content (AvgIpc) is 2.91. The molecule has 0 radical (unpaired) electrons. The number of rotatable bonds is 4. The first-order chi connectivity index (χ1) is 10.2. The summed E-state index contributed by atoms with van der Waals surface area (Å²) < 4.78 is 0. The van der Waals surface area contributed by atoms with Crippen LogP contribution in [0.4, 0.5) is 0 Å². The summed E-state index contributed by atoms with van der Waals surface area (Å²) in [5.41, 5.74) is 3.13. The Bertz CT molecular complexity index is 749. The summed E-state index contributed by atoms with van der Waals surface area (Å²) in [6.45, 7) is 1.97. The van der Waals surface area contributed by atoms with Gasteiger partial charge in [0.25, 0.3) is 0 Å². The van der Waals surface area contributed by atoms with E-state index in [0.29, 0.717) is 6.42 Å². The largest absolute Gasteiger partial charge is 0.361 e. The second kappa shape index (κ2) is 5.79. The SMILES string of the molecule is C[C@@H](NC(=O)Cc1c[nH]c2ccccc12)c1ccncc1. The summed E-state index contributed by atoms with van der Waals surface area (Å²) in [6.07, 6.45) is 5.75. The molecule has 1 amide bonds. The predicted molar refractivity (Wildman–Crippen MR) is 82.8 cm³/mol. The van der Waals surface area contributed by atoms with Gasteiger partial charge in [0, 0.05) is 29.5 Å². The van der Waals surface area contributed by atoms with Crippen molar-refractivity contribution < 1.29 is 4.79 Å². The second-order valence-corrected chi connectivity index (χ2v) is 5.11. The zero-order valence-corrected chi connectivity index (χ0v) is 11.8. The normalized spacial score (nSPS) is 12.2. The van der Waals surface area contributed by atoms with Crippen molar-refractivity contribution in [1.29, 1.82) is 0 Å². The van der Waals surface area contributed by atoms with Crippen molar-refractivity contribution in [3.8, 4) is 0 Å². The molecule has 1 aromatic carbocycles. The Morgan fingerprint density at radius 3 is 2.81 bits per heavy atom. The van der Waals surface area contributed by atoms with Crippen LogP contribution in [0.15, 0.2) is 55.0 Å². The minimum absolute atomic E-state index is 0.0177. The van der Waals surface area contributed by atoms with Gasteiger partial charge in [-0.25, -0.2) is 0 Å². The van der Waals surface area contributed by atoms with Gasteiger partial charge in [-0.3, -0.25) is 9.78 Å². The molecule has 106 valence electrons. The molecule has 0 saturated heterocycles. The van der Waals surface area contributed by atoms with Crippen LogP contribution in [-0.2, 0) is 11.2 Å². The van der Waals surface area contributed by atoms with E-state index in [0.717, 1.165) is 22.0 Å². The number of carbonyl (C=O) groups is 1. The molecule has 0 unspecified atom stereocenters. The molecule has 4 nitrogen and oxygen atoms in total. The lowest BCUT2D eigenvalue weighted by molar-refractivity contribution is -0.121. The van der Waals surface area contributed by atoms with Crippen LogP contribution in [0.3, 0.4) is 0 Å². The highest BCUT2D eigenvalue weighted by Gasteiger charge is 2.12. The third-order valence-corrected chi connectivity index (χ3v) is 3.61. The van der Waals surface area contributed by atoms with Crippen molar-refractivity contribution in [2.75, 3.05) is 0 Å². The number of benzene rings is 1. The number of aromatic amines is 1. The zero-order chi connectivity index (χ0) is 14.7. The van der Waals surface area contributed by atoms with E-state index in [9.17, 15) is 4.79 Å². The highest BCUT2D eigenvalue weighted by atomic mass is 16.1. The predicted octanol–water partition coefficient (Wildman–Crippen LogP) is 2.98. The number of fused-ring (bicyclic) bond motifs is 1. The standard InChI is InChI=1S/C17H17N3O/c1-12(13-6-8-18-9-7-13)20-17(21)10-14-11-19-16-5-3-2-4-15(14)16/h2-9,11-12,19H,10H2,1H3,(H,20,21)/t12-/m1/s1. The Labute approximate surface area is 123 Å². The van der Waals surface area contributed by atoms with Gasteiger partial charge in [0.05, 0.1) is 12.5 Å². The number of amides is 1. The Morgan fingerprint density at radius 1 is 1.24 bits per heavy atom. The number of pyridine rings is 1. The minimum Gasteiger partial charge on any atom is -0.361 e. The van der Waals surface area contributed by atoms with Gasteiger partial charge >= 0.3 is 0 Å². The van der Waals surface area contributed by atoms with Gasteiger partial charge < -0.3 is 10.3 Å². The maximum absolute atomic E-state index is 12.2. The van der Waals surface area contributed by atoms with Crippen LogP contribution in [0.2, 0.25) is 0 Å². The number of nitrogens with one attached hydrogen (secondary N) is 2. The highest BCUT2D eigenvalue weighted by molar-refractivity contribution is 5.88. The number of para-hydroxylation sites is 1. The van der Waals surface area contributed by atoms with Crippen molar-refractivity contribution in [2.45, 2.75) is 19.4 Å². The molecule has 0 aliphatic carbocycles. The maximum Gasteiger partial charge on any atom is 0.224 e. The van der Waals surface area contributed by atoms with E-state index in [4.69, 9.17) is 0 Å². The Hall–Kier alpha value is -2.62. The van der Waals surface area contributed by atoms with Crippen molar-refractivity contribution >= 4 is 16.8 Å². The van der Waals surface area contributed by atoms with Gasteiger partial charge in [-0.05, 0) is 36.2 Å². The highest BCUT2D eigenvalue weighted by Crippen LogP contribution is 2.18. The van der Waals surface area contributed by atoms with Crippen LogP contribution in [0, 0.1) is 0 Å². The average molecular weight is 279 g/mol. The molecule has 2 N–H and O–H groups in total. The smallest absolute Gasteiger partial charge is 0.224 e. The molecule has 3 rings (SSSR count). The molecule has 0 spiro atoms. The first-order valence-electron chi connectivity index (χ1n) is 6.98. The van der Waals surface area contributed by atoms with E-state index in [2.05, 4.69) is 15.3 Å². The zero-order valence-electron chi connectivity index (χ0n) is 11.8. The Morgan fingerprint density at radius 2 is 2.00 bits per heavy atom. The second-order valence-electron chi connectivity index (χ2n) is 5.11. The summed E-state index contributed by atoms with van der Waals surface area (Å²) in [6, 6.07) is 11.8. The van der Waals surface area contributed by atoms with E-state index in [1.54, 1.807) is 12.4 Å². The molecule has 1 atom stereocenters. The van der Waals surface area contributed by atoms with Crippen molar-refractivity contribution in [3.05, 3.63) is 66.1 Å². The van der Waals surface area contributed by atoms with Gasteiger partial charge in [-0.15, -0.1) is 0 Å². The minimum atomic E-state index is -0.0225. The summed E-state index contributed by atoms with van der Waals surface area (Å²) in [5, 5.41) is 4.12. The first-order valence-corrected chi connectivity index (χ1v) is 6.98. The fourth-order valence-corrected chi connectivity index (χ4v) is 2.48. The molecule has 0 fully saturated rings. The first kappa shape index (κ1) is 13.4. The Balaban J connectivity index is 1.69. The Kier molecular flexibility index (Phi) is 3.69. The number of carbonyl (C=O) groups excluding carboxylic acids is 1. The van der Waals surface area contributed by atoms with Crippen LogP contribution in [-0.4, -0.2) is 15.9 Å². The summed E-state index contributed by atoms with van der Waals surface area (Å²) in [7, 11) is 0. The van der Waals surface area contributed by atoms with Gasteiger partial charge in [-0.2, -0.15) is 0 Å². The molecular weight excluding hydrogens is 262 g/mol. The molecule has 2 aromatic heterocycles. The lowest BCUT2D eigenvalue weighted by Gasteiger charge is -2.13. The van der Waals surface area contributed by atoms with Gasteiger partial charge in [0.1, 0.15) is 0 Å². The molecule has 0 aliphatic heterocycles. The van der Waals surface area contributed by atoms with Crippen LogP contribution in [0.1, 0.15) is 24.1 Å². The number of hydrogen-bond acceptors (Lipinski definition) is 2. The molecule has 4 heteroatoms. The monoisotopic (exact) mass is 279 g/mol. The van der Waals surface area contributed by atoms with E-state index in [1.807, 2.05) is 49.5 Å². The third-order valence-electron chi connectivity index (χ3n) is 3.61. The van der Waals surface area contributed by atoms with Crippen LogP contribution < -0.4 is 5.32 Å². The van der Waals surface area contributed by atoms with Crippen molar-refractivity contribution in [1.82, 2.24) is 15.3 Å². The van der Waals surface area contributed by atoms with E-state index in [1.165, 1.54) is 0 Å².